The Morgan fingerprint density at radius 1 is 1.04 bits per heavy atom. The summed E-state index contributed by atoms with van der Waals surface area (Å²) in [6, 6.07) is 15.6. The molecule has 5 heteroatoms. The van der Waals surface area contributed by atoms with Gasteiger partial charge in [0.15, 0.2) is 0 Å². The number of rotatable bonds is 8. The van der Waals surface area contributed by atoms with Crippen molar-refractivity contribution < 1.29 is 13.9 Å². The van der Waals surface area contributed by atoms with E-state index in [-0.39, 0.29) is 6.03 Å². The number of furan rings is 1. The zero-order valence-corrected chi connectivity index (χ0v) is 15.0. The van der Waals surface area contributed by atoms with Crippen LogP contribution in [-0.2, 0) is 24.4 Å². The van der Waals surface area contributed by atoms with Gasteiger partial charge in [-0.3, -0.25) is 0 Å². The van der Waals surface area contributed by atoms with Gasteiger partial charge in [-0.25, -0.2) is 4.79 Å². The number of carbonyl (C=O) groups is 1. The Labute approximate surface area is 153 Å². The van der Waals surface area contributed by atoms with Crippen molar-refractivity contribution in [2.45, 2.75) is 33.0 Å². The topological polar surface area (TPSA) is 63.5 Å². The molecule has 0 saturated carbocycles. The molecule has 0 bridgehead atoms. The SMILES string of the molecule is CCCOCc1ccccc1CNC(=O)NCc1ccc2ccoc2c1. The van der Waals surface area contributed by atoms with Crippen LogP contribution >= 0.6 is 0 Å². The van der Waals surface area contributed by atoms with Gasteiger partial charge >= 0.3 is 6.03 Å². The minimum atomic E-state index is -0.200. The fourth-order valence-electron chi connectivity index (χ4n) is 2.73. The molecule has 0 spiro atoms. The van der Waals surface area contributed by atoms with Crippen LogP contribution in [0.25, 0.3) is 11.0 Å². The lowest BCUT2D eigenvalue weighted by molar-refractivity contribution is 0.121. The fraction of sp³-hybridized carbons (Fsp3) is 0.286. The Morgan fingerprint density at radius 2 is 1.85 bits per heavy atom. The first-order chi connectivity index (χ1) is 12.8. The van der Waals surface area contributed by atoms with Crippen molar-refractivity contribution in [2.75, 3.05) is 6.61 Å². The van der Waals surface area contributed by atoms with Crippen LogP contribution < -0.4 is 10.6 Å². The Balaban J connectivity index is 1.49. The van der Waals surface area contributed by atoms with Crippen molar-refractivity contribution in [3.8, 4) is 0 Å². The third kappa shape index (κ3) is 4.86. The van der Waals surface area contributed by atoms with E-state index in [4.69, 9.17) is 9.15 Å². The highest BCUT2D eigenvalue weighted by Gasteiger charge is 2.06. The van der Waals surface area contributed by atoms with E-state index in [1.807, 2.05) is 48.5 Å². The minimum Gasteiger partial charge on any atom is -0.464 e. The lowest BCUT2D eigenvalue weighted by Gasteiger charge is -2.12. The number of hydrogen-bond donors (Lipinski definition) is 2. The molecule has 0 aliphatic heterocycles. The Kier molecular flexibility index (Phi) is 6.28. The molecule has 0 radical (unpaired) electrons. The number of carbonyl (C=O) groups excluding carboxylic acids is 1. The zero-order valence-electron chi connectivity index (χ0n) is 15.0. The largest absolute Gasteiger partial charge is 0.464 e. The summed E-state index contributed by atoms with van der Waals surface area (Å²) in [4.78, 5) is 12.1. The highest BCUT2D eigenvalue weighted by Crippen LogP contribution is 2.16. The molecule has 0 aliphatic carbocycles. The van der Waals surface area contributed by atoms with Crippen LogP contribution in [0.2, 0.25) is 0 Å². The van der Waals surface area contributed by atoms with Crippen molar-refractivity contribution >= 4 is 17.0 Å². The molecule has 1 heterocycles. The third-order valence-electron chi connectivity index (χ3n) is 4.14. The first kappa shape index (κ1) is 18.0. The van der Waals surface area contributed by atoms with Crippen LogP contribution in [0.4, 0.5) is 4.79 Å². The third-order valence-corrected chi connectivity index (χ3v) is 4.14. The van der Waals surface area contributed by atoms with Crippen molar-refractivity contribution in [2.24, 2.45) is 0 Å². The van der Waals surface area contributed by atoms with Crippen LogP contribution in [0.1, 0.15) is 30.0 Å². The van der Waals surface area contributed by atoms with Crippen molar-refractivity contribution in [3.63, 3.8) is 0 Å². The first-order valence-electron chi connectivity index (χ1n) is 8.88. The molecule has 2 N–H and O–H groups in total. The molecule has 3 rings (SSSR count). The Morgan fingerprint density at radius 3 is 2.69 bits per heavy atom. The van der Waals surface area contributed by atoms with Crippen molar-refractivity contribution in [3.05, 3.63) is 71.5 Å². The number of nitrogens with one attached hydrogen (secondary N) is 2. The second kappa shape index (κ2) is 9.06. The molecule has 0 aliphatic rings. The predicted octanol–water partition coefficient (Wildman–Crippen LogP) is 4.36. The summed E-state index contributed by atoms with van der Waals surface area (Å²) < 4.78 is 11.0. The second-order valence-electron chi connectivity index (χ2n) is 6.15. The molecule has 0 fully saturated rings. The predicted molar refractivity (Wildman–Crippen MR) is 102 cm³/mol. The molecule has 136 valence electrons. The minimum absolute atomic E-state index is 0.200. The average Bonchev–Trinajstić information content (AvgIpc) is 3.13. The van der Waals surface area contributed by atoms with E-state index >= 15 is 0 Å². The van der Waals surface area contributed by atoms with Crippen LogP contribution in [-0.4, -0.2) is 12.6 Å². The standard InChI is InChI=1S/C21H24N2O3/c1-2-10-25-15-19-6-4-3-5-18(19)14-23-21(24)22-13-16-7-8-17-9-11-26-20(17)12-16/h3-9,11-12H,2,10,13-15H2,1H3,(H2,22,23,24). The van der Waals surface area contributed by atoms with Gasteiger partial charge in [0.25, 0.3) is 0 Å². The maximum Gasteiger partial charge on any atom is 0.315 e. The van der Waals surface area contributed by atoms with E-state index < -0.39 is 0 Å². The summed E-state index contributed by atoms with van der Waals surface area (Å²) >= 11 is 0. The first-order valence-corrected chi connectivity index (χ1v) is 8.88. The van der Waals surface area contributed by atoms with Crippen LogP contribution in [0, 0.1) is 0 Å². The fourth-order valence-corrected chi connectivity index (χ4v) is 2.73. The van der Waals surface area contributed by atoms with Gasteiger partial charge in [-0.2, -0.15) is 0 Å². The van der Waals surface area contributed by atoms with Crippen molar-refractivity contribution in [1.82, 2.24) is 10.6 Å². The second-order valence-corrected chi connectivity index (χ2v) is 6.15. The van der Waals surface area contributed by atoms with Gasteiger partial charge in [-0.15, -0.1) is 0 Å². The van der Waals surface area contributed by atoms with E-state index in [1.54, 1.807) is 6.26 Å². The average molecular weight is 352 g/mol. The summed E-state index contributed by atoms with van der Waals surface area (Å²) in [6.45, 7) is 4.30. The number of benzene rings is 2. The summed E-state index contributed by atoms with van der Waals surface area (Å²) in [5.74, 6) is 0. The maximum absolute atomic E-state index is 12.1. The molecule has 26 heavy (non-hydrogen) atoms. The normalized spacial score (nSPS) is 10.8. The van der Waals surface area contributed by atoms with Gasteiger partial charge < -0.3 is 19.8 Å². The number of fused-ring (bicyclic) bond motifs is 1. The summed E-state index contributed by atoms with van der Waals surface area (Å²) in [5.41, 5.74) is 3.99. The quantitative estimate of drug-likeness (QED) is 0.592. The van der Waals surface area contributed by atoms with Crippen LogP contribution in [0.15, 0.2) is 59.2 Å². The van der Waals surface area contributed by atoms with E-state index in [0.717, 1.165) is 40.7 Å². The van der Waals surface area contributed by atoms with Crippen LogP contribution in [0.3, 0.4) is 0 Å². The lowest BCUT2D eigenvalue weighted by Crippen LogP contribution is -2.34. The Hall–Kier alpha value is -2.79. The molecular weight excluding hydrogens is 328 g/mol. The monoisotopic (exact) mass is 352 g/mol. The molecule has 3 aromatic rings. The molecular formula is C21H24N2O3. The van der Waals surface area contributed by atoms with Gasteiger partial charge in [0.2, 0.25) is 0 Å². The van der Waals surface area contributed by atoms with Gasteiger partial charge in [0.05, 0.1) is 12.9 Å². The van der Waals surface area contributed by atoms with E-state index in [9.17, 15) is 4.79 Å². The van der Waals surface area contributed by atoms with Gasteiger partial charge in [0.1, 0.15) is 5.58 Å². The van der Waals surface area contributed by atoms with E-state index in [1.165, 1.54) is 0 Å². The molecule has 0 atom stereocenters. The number of hydrogen-bond acceptors (Lipinski definition) is 3. The molecule has 2 amide bonds. The van der Waals surface area contributed by atoms with Gasteiger partial charge in [-0.05, 0) is 35.2 Å². The lowest BCUT2D eigenvalue weighted by atomic mass is 10.1. The molecule has 2 aromatic carbocycles. The number of urea groups is 1. The summed E-state index contributed by atoms with van der Waals surface area (Å²) in [7, 11) is 0. The molecule has 1 aromatic heterocycles. The van der Waals surface area contributed by atoms with Crippen LogP contribution in [0.5, 0.6) is 0 Å². The highest BCUT2D eigenvalue weighted by molar-refractivity contribution is 5.78. The molecule has 0 saturated heterocycles. The molecule has 0 unspecified atom stereocenters. The zero-order chi connectivity index (χ0) is 18.2. The van der Waals surface area contributed by atoms with Crippen molar-refractivity contribution in [1.29, 1.82) is 0 Å². The number of amides is 2. The smallest absolute Gasteiger partial charge is 0.315 e. The number of ether oxygens (including phenoxy) is 1. The molecule has 5 nitrogen and oxygen atoms in total. The van der Waals surface area contributed by atoms with E-state index in [0.29, 0.717) is 19.7 Å². The maximum atomic E-state index is 12.1. The highest BCUT2D eigenvalue weighted by atomic mass is 16.5. The van der Waals surface area contributed by atoms with Gasteiger partial charge in [-0.1, -0.05) is 43.3 Å². The van der Waals surface area contributed by atoms with Gasteiger partial charge in [0, 0.05) is 25.1 Å². The Bertz CT molecular complexity index is 857. The summed E-state index contributed by atoms with van der Waals surface area (Å²) in [5, 5.41) is 6.83. The summed E-state index contributed by atoms with van der Waals surface area (Å²) in [6.07, 6.45) is 2.66. The van der Waals surface area contributed by atoms with E-state index in [2.05, 4.69) is 17.6 Å².